The fraction of sp³-hybridized carbons (Fsp3) is 0.462. The second kappa shape index (κ2) is 4.99. The van der Waals surface area contributed by atoms with Crippen molar-refractivity contribution in [2.24, 2.45) is 0 Å². The first-order valence-electron chi connectivity index (χ1n) is 6.45. The zero-order valence-corrected chi connectivity index (χ0v) is 12.1. The predicted molar refractivity (Wildman–Crippen MR) is 75.3 cm³/mol. The lowest BCUT2D eigenvalue weighted by atomic mass is 10.1. The highest BCUT2D eigenvalue weighted by Crippen LogP contribution is 2.14. The van der Waals surface area contributed by atoms with Crippen LogP contribution in [0.4, 0.5) is 0 Å². The van der Waals surface area contributed by atoms with Gasteiger partial charge in [-0.3, -0.25) is 14.0 Å². The fourth-order valence-electron chi connectivity index (χ4n) is 2.31. The van der Waals surface area contributed by atoms with Gasteiger partial charge in [-0.25, -0.2) is 4.98 Å². The van der Waals surface area contributed by atoms with Crippen molar-refractivity contribution in [2.45, 2.75) is 26.0 Å². The van der Waals surface area contributed by atoms with Crippen molar-refractivity contribution in [2.75, 3.05) is 13.2 Å². The molecule has 1 aliphatic heterocycles. The minimum Gasteiger partial charge on any atom is -0.375 e. The number of thiazole rings is 1. The van der Waals surface area contributed by atoms with Gasteiger partial charge in [-0.15, -0.1) is 11.3 Å². The van der Waals surface area contributed by atoms with Crippen LogP contribution < -0.4 is 5.56 Å². The van der Waals surface area contributed by atoms with Crippen molar-refractivity contribution < 1.29 is 9.53 Å². The number of aromatic nitrogens is 2. The fourth-order valence-corrected chi connectivity index (χ4v) is 2.99. The molecule has 0 bridgehead atoms. The second-order valence-corrected chi connectivity index (χ2v) is 5.86. The Morgan fingerprint density at radius 1 is 1.50 bits per heavy atom. The quantitative estimate of drug-likeness (QED) is 0.787. The van der Waals surface area contributed by atoms with Crippen LogP contribution in [0.25, 0.3) is 4.96 Å². The van der Waals surface area contributed by atoms with Gasteiger partial charge >= 0.3 is 0 Å². The van der Waals surface area contributed by atoms with Crippen LogP contribution in [0, 0.1) is 0 Å². The lowest BCUT2D eigenvalue weighted by Crippen LogP contribution is -2.51. The van der Waals surface area contributed by atoms with Crippen molar-refractivity contribution in [1.29, 1.82) is 0 Å². The van der Waals surface area contributed by atoms with E-state index in [-0.39, 0.29) is 29.2 Å². The third-order valence-electron chi connectivity index (χ3n) is 3.44. The number of fused-ring (bicyclic) bond motifs is 1. The van der Waals surface area contributed by atoms with Crippen molar-refractivity contribution >= 4 is 22.2 Å². The molecule has 20 heavy (non-hydrogen) atoms. The summed E-state index contributed by atoms with van der Waals surface area (Å²) in [5.41, 5.74) is -0.200. The van der Waals surface area contributed by atoms with Gasteiger partial charge in [0.05, 0.1) is 18.8 Å². The molecule has 0 spiro atoms. The Bertz CT molecular complexity index is 708. The molecule has 2 aromatic heterocycles. The zero-order valence-electron chi connectivity index (χ0n) is 11.3. The molecular formula is C13H15N3O3S. The highest BCUT2D eigenvalue weighted by molar-refractivity contribution is 7.15. The first-order chi connectivity index (χ1) is 9.58. The van der Waals surface area contributed by atoms with E-state index in [1.807, 2.05) is 13.8 Å². The van der Waals surface area contributed by atoms with Crippen molar-refractivity contribution in [3.05, 3.63) is 33.7 Å². The minimum atomic E-state index is -0.312. The molecule has 7 heteroatoms. The number of hydrogen-bond acceptors (Lipinski definition) is 5. The molecule has 2 unspecified atom stereocenters. The summed E-state index contributed by atoms with van der Waals surface area (Å²) in [5.74, 6) is -0.272. The van der Waals surface area contributed by atoms with E-state index < -0.39 is 0 Å². The van der Waals surface area contributed by atoms with E-state index in [0.29, 0.717) is 18.1 Å². The second-order valence-electron chi connectivity index (χ2n) is 4.98. The molecule has 1 aliphatic rings. The zero-order chi connectivity index (χ0) is 14.3. The first-order valence-corrected chi connectivity index (χ1v) is 7.33. The van der Waals surface area contributed by atoms with Crippen LogP contribution in [-0.2, 0) is 4.74 Å². The standard InChI is InChI=1S/C13H15N3O3S/c1-8-7-19-9(2)6-16(8)12(18)10-5-14-13-15(11(10)17)3-4-20-13/h3-5,8-9H,6-7H2,1-2H3. The summed E-state index contributed by atoms with van der Waals surface area (Å²) in [4.78, 5) is 31.3. The molecule has 3 rings (SSSR count). The highest BCUT2D eigenvalue weighted by Gasteiger charge is 2.30. The van der Waals surface area contributed by atoms with E-state index in [1.54, 1.807) is 16.5 Å². The Morgan fingerprint density at radius 2 is 2.30 bits per heavy atom. The Kier molecular flexibility index (Phi) is 3.31. The SMILES string of the molecule is CC1CN(C(=O)c2cnc3sccn3c2=O)C(C)CO1. The number of ether oxygens (including phenoxy) is 1. The number of hydrogen-bond donors (Lipinski definition) is 0. The van der Waals surface area contributed by atoms with E-state index in [4.69, 9.17) is 4.74 Å². The predicted octanol–water partition coefficient (Wildman–Crippen LogP) is 1.01. The summed E-state index contributed by atoms with van der Waals surface area (Å²) in [6, 6.07) is -0.0405. The van der Waals surface area contributed by atoms with Gasteiger partial charge in [-0.2, -0.15) is 0 Å². The van der Waals surface area contributed by atoms with Crippen molar-refractivity contribution in [1.82, 2.24) is 14.3 Å². The van der Waals surface area contributed by atoms with E-state index in [0.717, 1.165) is 0 Å². The normalized spacial score (nSPS) is 23.2. The Labute approximate surface area is 119 Å². The minimum absolute atomic E-state index is 0.0178. The molecule has 106 valence electrons. The molecule has 1 saturated heterocycles. The van der Waals surface area contributed by atoms with Crippen LogP contribution in [0.5, 0.6) is 0 Å². The van der Waals surface area contributed by atoms with Crippen LogP contribution in [-0.4, -0.2) is 45.5 Å². The maximum atomic E-state index is 12.6. The van der Waals surface area contributed by atoms with Gasteiger partial charge in [0, 0.05) is 24.3 Å². The van der Waals surface area contributed by atoms with E-state index >= 15 is 0 Å². The summed E-state index contributed by atoms with van der Waals surface area (Å²) in [5, 5.41) is 1.78. The van der Waals surface area contributed by atoms with Gasteiger partial charge in [0.1, 0.15) is 5.56 Å². The summed E-state index contributed by atoms with van der Waals surface area (Å²) in [6.45, 7) is 4.81. The summed E-state index contributed by atoms with van der Waals surface area (Å²) in [6.07, 6.45) is 3.00. The lowest BCUT2D eigenvalue weighted by Gasteiger charge is -2.36. The smallest absolute Gasteiger partial charge is 0.271 e. The van der Waals surface area contributed by atoms with Crippen LogP contribution in [0.1, 0.15) is 24.2 Å². The van der Waals surface area contributed by atoms with Gasteiger partial charge in [-0.1, -0.05) is 0 Å². The molecule has 6 nitrogen and oxygen atoms in total. The maximum absolute atomic E-state index is 12.6. The molecule has 0 aromatic carbocycles. The van der Waals surface area contributed by atoms with Gasteiger partial charge in [0.15, 0.2) is 4.96 Å². The number of nitrogens with zero attached hydrogens (tertiary/aromatic N) is 3. The number of morpholine rings is 1. The Hall–Kier alpha value is -1.73. The van der Waals surface area contributed by atoms with E-state index in [2.05, 4.69) is 4.98 Å². The molecule has 1 fully saturated rings. The number of carbonyl (C=O) groups is 1. The lowest BCUT2D eigenvalue weighted by molar-refractivity contribution is -0.0387. The van der Waals surface area contributed by atoms with Crippen LogP contribution in [0.15, 0.2) is 22.6 Å². The Morgan fingerprint density at radius 3 is 3.10 bits per heavy atom. The van der Waals surface area contributed by atoms with Gasteiger partial charge in [-0.05, 0) is 13.8 Å². The summed E-state index contributed by atoms with van der Waals surface area (Å²) >= 11 is 1.37. The third-order valence-corrected chi connectivity index (χ3v) is 4.21. The number of carbonyl (C=O) groups excluding carboxylic acids is 1. The van der Waals surface area contributed by atoms with Crippen LogP contribution in [0.2, 0.25) is 0 Å². The summed E-state index contributed by atoms with van der Waals surface area (Å²) < 4.78 is 6.91. The van der Waals surface area contributed by atoms with Crippen LogP contribution >= 0.6 is 11.3 Å². The highest BCUT2D eigenvalue weighted by atomic mass is 32.1. The maximum Gasteiger partial charge on any atom is 0.271 e. The molecule has 3 heterocycles. The average Bonchev–Trinajstić information content (AvgIpc) is 2.90. The molecule has 2 aromatic rings. The summed E-state index contributed by atoms with van der Waals surface area (Å²) in [7, 11) is 0. The average molecular weight is 293 g/mol. The van der Waals surface area contributed by atoms with Gasteiger partial charge in [0.25, 0.3) is 11.5 Å². The molecule has 2 atom stereocenters. The molecular weight excluding hydrogens is 278 g/mol. The monoisotopic (exact) mass is 293 g/mol. The van der Waals surface area contributed by atoms with Crippen molar-refractivity contribution in [3.8, 4) is 0 Å². The van der Waals surface area contributed by atoms with Crippen molar-refractivity contribution in [3.63, 3.8) is 0 Å². The molecule has 0 saturated carbocycles. The van der Waals surface area contributed by atoms with E-state index in [1.165, 1.54) is 21.9 Å². The van der Waals surface area contributed by atoms with Gasteiger partial charge in [0.2, 0.25) is 0 Å². The van der Waals surface area contributed by atoms with Gasteiger partial charge < -0.3 is 9.64 Å². The van der Waals surface area contributed by atoms with E-state index in [9.17, 15) is 9.59 Å². The molecule has 0 N–H and O–H groups in total. The number of rotatable bonds is 1. The number of amides is 1. The first kappa shape index (κ1) is 13.3. The van der Waals surface area contributed by atoms with Crippen LogP contribution in [0.3, 0.4) is 0 Å². The Balaban J connectivity index is 1.99. The molecule has 0 radical (unpaired) electrons. The topological polar surface area (TPSA) is 63.9 Å². The third kappa shape index (κ3) is 2.12. The molecule has 0 aliphatic carbocycles. The largest absolute Gasteiger partial charge is 0.375 e. The molecule has 1 amide bonds.